The van der Waals surface area contributed by atoms with E-state index in [9.17, 15) is 4.79 Å². The fourth-order valence-electron chi connectivity index (χ4n) is 2.63. The van der Waals surface area contributed by atoms with Crippen molar-refractivity contribution in [2.45, 2.75) is 25.3 Å². The van der Waals surface area contributed by atoms with Crippen LogP contribution in [-0.4, -0.2) is 26.7 Å². The van der Waals surface area contributed by atoms with Gasteiger partial charge in [0.15, 0.2) is 11.5 Å². The van der Waals surface area contributed by atoms with Gasteiger partial charge in [-0.1, -0.05) is 36.4 Å². The van der Waals surface area contributed by atoms with Gasteiger partial charge in [0.2, 0.25) is 5.91 Å². The molecule has 0 aromatic heterocycles. The highest BCUT2D eigenvalue weighted by Gasteiger charge is 2.29. The molecular weight excluding hydrogens is 352 g/mol. The molecule has 0 bridgehead atoms. The molecular formula is C20H27ClN2O3. The minimum absolute atomic E-state index is 0. The summed E-state index contributed by atoms with van der Waals surface area (Å²) in [6, 6.07) is 15.2. The largest absolute Gasteiger partial charge is 0.493 e. The normalized spacial score (nSPS) is 12.5. The molecule has 3 N–H and O–H groups in total. The minimum atomic E-state index is -1.04. The first-order valence-electron chi connectivity index (χ1n) is 8.32. The molecule has 0 radical (unpaired) electrons. The second kappa shape index (κ2) is 10.0. The number of carbonyl (C=O) groups excluding carboxylic acids is 1. The van der Waals surface area contributed by atoms with E-state index in [4.69, 9.17) is 15.2 Å². The highest BCUT2D eigenvalue weighted by atomic mass is 35.5. The molecule has 0 heterocycles. The third-order valence-electron chi connectivity index (χ3n) is 4.22. The number of hydrogen-bond donors (Lipinski definition) is 2. The molecule has 0 aliphatic carbocycles. The van der Waals surface area contributed by atoms with Crippen molar-refractivity contribution >= 4 is 18.3 Å². The average molecular weight is 379 g/mol. The van der Waals surface area contributed by atoms with Crippen molar-refractivity contribution in [3.05, 3.63) is 59.7 Å². The van der Waals surface area contributed by atoms with Gasteiger partial charge in [0.05, 0.1) is 14.2 Å². The van der Waals surface area contributed by atoms with Crippen LogP contribution in [0.15, 0.2) is 48.5 Å². The molecule has 0 spiro atoms. The average Bonchev–Trinajstić information content (AvgIpc) is 2.65. The Morgan fingerprint density at radius 3 is 2.35 bits per heavy atom. The second-order valence-corrected chi connectivity index (χ2v) is 6.12. The monoisotopic (exact) mass is 378 g/mol. The molecule has 0 aliphatic rings. The van der Waals surface area contributed by atoms with Crippen LogP contribution in [0.3, 0.4) is 0 Å². The maximum atomic E-state index is 12.4. The number of nitrogens with two attached hydrogens (primary N) is 1. The molecule has 5 nitrogen and oxygen atoms in total. The molecule has 1 atom stereocenters. The molecule has 1 amide bonds. The van der Waals surface area contributed by atoms with Gasteiger partial charge in [0.25, 0.3) is 0 Å². The van der Waals surface area contributed by atoms with Gasteiger partial charge in [-0.2, -0.15) is 0 Å². The van der Waals surface area contributed by atoms with E-state index in [0.29, 0.717) is 18.0 Å². The van der Waals surface area contributed by atoms with Gasteiger partial charge in [0, 0.05) is 6.54 Å². The summed E-state index contributed by atoms with van der Waals surface area (Å²) < 4.78 is 10.5. The standard InChI is InChI=1S/C20H26N2O3.ClH/c1-20(21,16-9-5-4-6-10-16)19(23)22-13-7-8-15-11-12-17(24-2)18(14-15)25-3;/h4-6,9-12,14H,7-8,13,21H2,1-3H3,(H,22,23);1H. The van der Waals surface area contributed by atoms with E-state index in [-0.39, 0.29) is 18.3 Å². The van der Waals surface area contributed by atoms with Crippen molar-refractivity contribution in [1.82, 2.24) is 5.32 Å². The second-order valence-electron chi connectivity index (χ2n) is 6.12. The zero-order chi connectivity index (χ0) is 18.3. The number of ether oxygens (including phenoxy) is 2. The molecule has 2 rings (SSSR count). The van der Waals surface area contributed by atoms with Gasteiger partial charge in [-0.05, 0) is 43.0 Å². The Morgan fingerprint density at radius 1 is 1.08 bits per heavy atom. The van der Waals surface area contributed by atoms with Crippen LogP contribution >= 0.6 is 12.4 Å². The van der Waals surface area contributed by atoms with Crippen LogP contribution in [0.25, 0.3) is 0 Å². The quantitative estimate of drug-likeness (QED) is 0.692. The summed E-state index contributed by atoms with van der Waals surface area (Å²) in [5, 5.41) is 2.92. The van der Waals surface area contributed by atoms with E-state index in [2.05, 4.69) is 5.32 Å². The number of hydrogen-bond acceptors (Lipinski definition) is 4. The van der Waals surface area contributed by atoms with Gasteiger partial charge in [-0.15, -0.1) is 12.4 Å². The first kappa shape index (κ1) is 21.8. The third kappa shape index (κ3) is 5.38. The molecule has 142 valence electrons. The van der Waals surface area contributed by atoms with Crippen molar-refractivity contribution in [2.24, 2.45) is 5.73 Å². The lowest BCUT2D eigenvalue weighted by Gasteiger charge is -2.24. The van der Waals surface area contributed by atoms with E-state index in [1.807, 2.05) is 48.5 Å². The SMILES string of the molecule is COc1ccc(CCCNC(=O)C(C)(N)c2ccccc2)cc1OC.Cl. The molecule has 2 aromatic rings. The zero-order valence-electron chi connectivity index (χ0n) is 15.5. The van der Waals surface area contributed by atoms with Crippen LogP contribution in [-0.2, 0) is 16.8 Å². The molecule has 6 heteroatoms. The van der Waals surface area contributed by atoms with Crippen molar-refractivity contribution in [2.75, 3.05) is 20.8 Å². The van der Waals surface area contributed by atoms with Crippen LogP contribution in [0.5, 0.6) is 11.5 Å². The van der Waals surface area contributed by atoms with E-state index >= 15 is 0 Å². The van der Waals surface area contributed by atoms with Gasteiger partial charge in [-0.25, -0.2) is 0 Å². The highest BCUT2D eigenvalue weighted by Crippen LogP contribution is 2.27. The van der Waals surface area contributed by atoms with Gasteiger partial charge >= 0.3 is 0 Å². The summed E-state index contributed by atoms with van der Waals surface area (Å²) in [4.78, 5) is 12.4. The van der Waals surface area contributed by atoms with E-state index in [1.54, 1.807) is 21.1 Å². The topological polar surface area (TPSA) is 73.6 Å². The Morgan fingerprint density at radius 2 is 1.73 bits per heavy atom. The first-order valence-corrected chi connectivity index (χ1v) is 8.32. The Kier molecular flexibility index (Phi) is 8.42. The summed E-state index contributed by atoms with van der Waals surface area (Å²) in [5.41, 5.74) is 7.09. The number of nitrogens with one attached hydrogen (secondary N) is 1. The Balaban J connectivity index is 0.00000338. The van der Waals surface area contributed by atoms with Crippen molar-refractivity contribution in [3.8, 4) is 11.5 Å². The maximum Gasteiger partial charge on any atom is 0.244 e. The fourth-order valence-corrected chi connectivity index (χ4v) is 2.63. The Labute approximate surface area is 161 Å². The van der Waals surface area contributed by atoms with Crippen molar-refractivity contribution in [3.63, 3.8) is 0 Å². The van der Waals surface area contributed by atoms with Gasteiger partial charge in [-0.3, -0.25) is 4.79 Å². The van der Waals surface area contributed by atoms with Crippen LogP contribution in [0.4, 0.5) is 0 Å². The molecule has 1 unspecified atom stereocenters. The van der Waals surface area contributed by atoms with Crippen molar-refractivity contribution in [1.29, 1.82) is 0 Å². The Hall–Kier alpha value is -2.24. The van der Waals surface area contributed by atoms with Crippen molar-refractivity contribution < 1.29 is 14.3 Å². The molecule has 0 fully saturated rings. The summed E-state index contributed by atoms with van der Waals surface area (Å²) >= 11 is 0. The van der Waals surface area contributed by atoms with Crippen LogP contribution < -0.4 is 20.5 Å². The molecule has 0 saturated carbocycles. The summed E-state index contributed by atoms with van der Waals surface area (Å²) in [6.07, 6.45) is 1.64. The predicted octanol–water partition coefficient (Wildman–Crippen LogP) is 3.05. The zero-order valence-corrected chi connectivity index (χ0v) is 16.3. The van der Waals surface area contributed by atoms with E-state index in [0.717, 1.165) is 24.0 Å². The highest BCUT2D eigenvalue weighted by molar-refractivity contribution is 5.87. The van der Waals surface area contributed by atoms with Crippen LogP contribution in [0.2, 0.25) is 0 Å². The number of amides is 1. The number of benzene rings is 2. The van der Waals surface area contributed by atoms with Crippen LogP contribution in [0.1, 0.15) is 24.5 Å². The smallest absolute Gasteiger partial charge is 0.244 e. The van der Waals surface area contributed by atoms with E-state index < -0.39 is 5.54 Å². The first-order chi connectivity index (χ1) is 12.0. The van der Waals surface area contributed by atoms with E-state index in [1.165, 1.54) is 0 Å². The van der Waals surface area contributed by atoms with Gasteiger partial charge in [0.1, 0.15) is 5.54 Å². The summed E-state index contributed by atoms with van der Waals surface area (Å²) in [5.74, 6) is 1.25. The lowest BCUT2D eigenvalue weighted by Crippen LogP contribution is -2.49. The summed E-state index contributed by atoms with van der Waals surface area (Å²) in [7, 11) is 3.23. The number of halogens is 1. The molecule has 26 heavy (non-hydrogen) atoms. The number of methoxy groups -OCH3 is 2. The number of carbonyl (C=O) groups is 1. The molecule has 2 aromatic carbocycles. The molecule has 0 aliphatic heterocycles. The lowest BCUT2D eigenvalue weighted by atomic mass is 9.92. The minimum Gasteiger partial charge on any atom is -0.493 e. The number of rotatable bonds is 8. The van der Waals surface area contributed by atoms with Gasteiger partial charge < -0.3 is 20.5 Å². The Bertz CT molecular complexity index is 705. The number of aryl methyl sites for hydroxylation is 1. The molecule has 0 saturated heterocycles. The summed E-state index contributed by atoms with van der Waals surface area (Å²) in [6.45, 7) is 2.29. The predicted molar refractivity (Wildman–Crippen MR) is 106 cm³/mol. The fraction of sp³-hybridized carbons (Fsp3) is 0.350. The lowest BCUT2D eigenvalue weighted by molar-refractivity contribution is -0.126. The maximum absolute atomic E-state index is 12.4. The third-order valence-corrected chi connectivity index (χ3v) is 4.22. The van der Waals surface area contributed by atoms with Crippen LogP contribution in [0, 0.1) is 0 Å².